The Balaban J connectivity index is 2.09. The molecule has 0 radical (unpaired) electrons. The molecule has 1 saturated heterocycles. The molecule has 1 rings (SSSR count). The second kappa shape index (κ2) is 9.00. The van der Waals surface area contributed by atoms with Crippen LogP contribution < -0.4 is 5.32 Å². The van der Waals surface area contributed by atoms with E-state index in [1.807, 2.05) is 0 Å². The Morgan fingerprint density at radius 1 is 1.19 bits per heavy atom. The van der Waals surface area contributed by atoms with E-state index >= 15 is 0 Å². The van der Waals surface area contributed by atoms with Gasteiger partial charge in [-0.05, 0) is 57.8 Å². The van der Waals surface area contributed by atoms with Gasteiger partial charge >= 0.3 is 0 Å². The average molecular weight is 226 g/mol. The fourth-order valence-electron chi connectivity index (χ4n) is 2.59. The highest BCUT2D eigenvalue weighted by molar-refractivity contribution is 4.74. The van der Waals surface area contributed by atoms with E-state index in [1.165, 1.54) is 71.2 Å². The fourth-order valence-corrected chi connectivity index (χ4v) is 2.59. The molecule has 2 heteroatoms. The summed E-state index contributed by atoms with van der Waals surface area (Å²) in [6.45, 7) is 11.0. The maximum atomic E-state index is 3.57. The predicted octanol–water partition coefficient (Wildman–Crippen LogP) is 2.89. The molecular weight excluding hydrogens is 196 g/mol. The van der Waals surface area contributed by atoms with Crippen molar-refractivity contribution >= 4 is 0 Å². The molecule has 2 nitrogen and oxygen atoms in total. The first-order valence-corrected chi connectivity index (χ1v) is 7.29. The van der Waals surface area contributed by atoms with Crippen molar-refractivity contribution in [3.63, 3.8) is 0 Å². The maximum Gasteiger partial charge on any atom is 0.00218 e. The van der Waals surface area contributed by atoms with Gasteiger partial charge in [-0.1, -0.05) is 26.7 Å². The molecular formula is C14H30N2. The van der Waals surface area contributed by atoms with Gasteiger partial charge in [-0.2, -0.15) is 0 Å². The van der Waals surface area contributed by atoms with Crippen LogP contribution in [0.4, 0.5) is 0 Å². The van der Waals surface area contributed by atoms with Crippen LogP contribution in [0.2, 0.25) is 0 Å². The Labute approximate surface area is 102 Å². The van der Waals surface area contributed by atoms with Gasteiger partial charge in [0.2, 0.25) is 0 Å². The Morgan fingerprint density at radius 2 is 2.06 bits per heavy atom. The average Bonchev–Trinajstić information content (AvgIpc) is 2.30. The van der Waals surface area contributed by atoms with E-state index in [-0.39, 0.29) is 0 Å². The third-order valence-corrected chi connectivity index (χ3v) is 3.54. The van der Waals surface area contributed by atoms with E-state index in [0.717, 1.165) is 5.92 Å². The largest absolute Gasteiger partial charge is 0.316 e. The highest BCUT2D eigenvalue weighted by Crippen LogP contribution is 2.16. The van der Waals surface area contributed by atoms with Crippen LogP contribution in [0.1, 0.15) is 52.4 Å². The van der Waals surface area contributed by atoms with Gasteiger partial charge in [0.1, 0.15) is 0 Å². The topological polar surface area (TPSA) is 15.3 Å². The molecule has 1 fully saturated rings. The molecule has 0 aliphatic carbocycles. The SMILES string of the molecule is CCCCCN1CCCC(CNCCC)C1. The van der Waals surface area contributed by atoms with Gasteiger partial charge in [0.25, 0.3) is 0 Å². The number of nitrogens with zero attached hydrogens (tertiary/aromatic N) is 1. The summed E-state index contributed by atoms with van der Waals surface area (Å²) in [6, 6.07) is 0. The van der Waals surface area contributed by atoms with E-state index < -0.39 is 0 Å². The van der Waals surface area contributed by atoms with Crippen molar-refractivity contribution in [3.8, 4) is 0 Å². The van der Waals surface area contributed by atoms with Gasteiger partial charge in [-0.25, -0.2) is 0 Å². The van der Waals surface area contributed by atoms with Gasteiger partial charge < -0.3 is 10.2 Å². The second-order valence-corrected chi connectivity index (χ2v) is 5.22. The quantitative estimate of drug-likeness (QED) is 0.640. The smallest absolute Gasteiger partial charge is 0.00218 e. The number of hydrogen-bond acceptors (Lipinski definition) is 2. The van der Waals surface area contributed by atoms with E-state index in [1.54, 1.807) is 0 Å². The normalized spacial score (nSPS) is 22.5. The number of piperidine rings is 1. The van der Waals surface area contributed by atoms with Crippen molar-refractivity contribution in [2.24, 2.45) is 5.92 Å². The minimum Gasteiger partial charge on any atom is -0.316 e. The zero-order valence-corrected chi connectivity index (χ0v) is 11.3. The summed E-state index contributed by atoms with van der Waals surface area (Å²) < 4.78 is 0. The van der Waals surface area contributed by atoms with Crippen LogP contribution in [-0.4, -0.2) is 37.6 Å². The summed E-state index contributed by atoms with van der Waals surface area (Å²) in [7, 11) is 0. The first kappa shape index (κ1) is 14.0. The van der Waals surface area contributed by atoms with Crippen LogP contribution in [0.25, 0.3) is 0 Å². The first-order valence-electron chi connectivity index (χ1n) is 7.29. The van der Waals surface area contributed by atoms with Crippen LogP contribution in [0.5, 0.6) is 0 Å². The molecule has 0 bridgehead atoms. The number of rotatable bonds is 8. The van der Waals surface area contributed by atoms with E-state index in [9.17, 15) is 0 Å². The van der Waals surface area contributed by atoms with Gasteiger partial charge in [-0.3, -0.25) is 0 Å². The molecule has 1 aliphatic heterocycles. The Kier molecular flexibility index (Phi) is 7.87. The highest BCUT2D eigenvalue weighted by Gasteiger charge is 2.18. The van der Waals surface area contributed by atoms with Gasteiger partial charge in [0, 0.05) is 6.54 Å². The molecule has 0 amide bonds. The number of likely N-dealkylation sites (tertiary alicyclic amines) is 1. The Bertz CT molecular complexity index is 143. The van der Waals surface area contributed by atoms with Crippen LogP contribution in [0, 0.1) is 5.92 Å². The minimum absolute atomic E-state index is 0.905. The van der Waals surface area contributed by atoms with Crippen molar-refractivity contribution in [1.29, 1.82) is 0 Å². The maximum absolute atomic E-state index is 3.57. The molecule has 0 saturated carbocycles. The summed E-state index contributed by atoms with van der Waals surface area (Å²) in [5, 5.41) is 3.57. The number of nitrogens with one attached hydrogen (secondary N) is 1. The van der Waals surface area contributed by atoms with Gasteiger partial charge in [0.15, 0.2) is 0 Å². The minimum atomic E-state index is 0.905. The van der Waals surface area contributed by atoms with Crippen molar-refractivity contribution < 1.29 is 0 Å². The van der Waals surface area contributed by atoms with Crippen LogP contribution >= 0.6 is 0 Å². The molecule has 1 N–H and O–H groups in total. The zero-order chi connectivity index (χ0) is 11.6. The lowest BCUT2D eigenvalue weighted by Gasteiger charge is -2.32. The van der Waals surface area contributed by atoms with Gasteiger partial charge in [0.05, 0.1) is 0 Å². The molecule has 0 spiro atoms. The molecule has 0 aromatic rings. The molecule has 0 aromatic heterocycles. The van der Waals surface area contributed by atoms with Crippen molar-refractivity contribution in [1.82, 2.24) is 10.2 Å². The van der Waals surface area contributed by atoms with Crippen LogP contribution in [0.3, 0.4) is 0 Å². The predicted molar refractivity (Wildman–Crippen MR) is 71.8 cm³/mol. The Hall–Kier alpha value is -0.0800. The van der Waals surface area contributed by atoms with E-state index in [2.05, 4.69) is 24.1 Å². The third-order valence-electron chi connectivity index (χ3n) is 3.54. The van der Waals surface area contributed by atoms with E-state index in [4.69, 9.17) is 0 Å². The van der Waals surface area contributed by atoms with Crippen LogP contribution in [-0.2, 0) is 0 Å². The molecule has 0 aromatic carbocycles. The Morgan fingerprint density at radius 3 is 2.81 bits per heavy atom. The molecule has 1 heterocycles. The molecule has 1 atom stereocenters. The summed E-state index contributed by atoms with van der Waals surface area (Å²) in [5.74, 6) is 0.905. The van der Waals surface area contributed by atoms with Crippen molar-refractivity contribution in [2.45, 2.75) is 52.4 Å². The van der Waals surface area contributed by atoms with Crippen LogP contribution in [0.15, 0.2) is 0 Å². The molecule has 16 heavy (non-hydrogen) atoms. The summed E-state index contributed by atoms with van der Waals surface area (Å²) >= 11 is 0. The van der Waals surface area contributed by atoms with Gasteiger partial charge in [-0.15, -0.1) is 0 Å². The summed E-state index contributed by atoms with van der Waals surface area (Å²) in [6.07, 6.45) is 8.23. The summed E-state index contributed by atoms with van der Waals surface area (Å²) in [4.78, 5) is 2.68. The fraction of sp³-hybridized carbons (Fsp3) is 1.00. The lowest BCUT2D eigenvalue weighted by Crippen LogP contribution is -2.40. The molecule has 1 aliphatic rings. The molecule has 1 unspecified atom stereocenters. The number of hydrogen-bond donors (Lipinski definition) is 1. The lowest BCUT2D eigenvalue weighted by atomic mass is 9.97. The lowest BCUT2D eigenvalue weighted by molar-refractivity contribution is 0.170. The number of unbranched alkanes of at least 4 members (excludes halogenated alkanes) is 2. The zero-order valence-electron chi connectivity index (χ0n) is 11.3. The first-order chi connectivity index (χ1) is 7.86. The van der Waals surface area contributed by atoms with Crippen molar-refractivity contribution in [3.05, 3.63) is 0 Å². The highest BCUT2D eigenvalue weighted by atomic mass is 15.1. The second-order valence-electron chi connectivity index (χ2n) is 5.22. The third kappa shape index (κ3) is 5.86. The van der Waals surface area contributed by atoms with Crippen molar-refractivity contribution in [2.75, 3.05) is 32.7 Å². The summed E-state index contributed by atoms with van der Waals surface area (Å²) in [5.41, 5.74) is 0. The van der Waals surface area contributed by atoms with E-state index in [0.29, 0.717) is 0 Å². The molecule has 96 valence electrons. The standard InChI is InChI=1S/C14H30N2/c1-3-5-6-10-16-11-7-8-14(13-16)12-15-9-4-2/h14-15H,3-13H2,1-2H3. The monoisotopic (exact) mass is 226 g/mol.